The van der Waals surface area contributed by atoms with E-state index in [1.807, 2.05) is 12.4 Å². The molecule has 3 aromatic rings. The fourth-order valence-corrected chi connectivity index (χ4v) is 2.92. The number of pyridine rings is 2. The molecule has 3 heterocycles. The second-order valence-corrected chi connectivity index (χ2v) is 5.57. The summed E-state index contributed by atoms with van der Waals surface area (Å²) >= 11 is 0. The molecule has 3 heteroatoms. The maximum atomic E-state index is 4.62. The minimum Gasteiger partial charge on any atom is -0.347 e. The van der Waals surface area contributed by atoms with Gasteiger partial charge in [0.05, 0.1) is 11.2 Å². The lowest BCUT2D eigenvalue weighted by Gasteiger charge is -2.10. The molecule has 0 N–H and O–H groups in total. The molecule has 0 radical (unpaired) electrons. The molecule has 3 nitrogen and oxygen atoms in total. The van der Waals surface area contributed by atoms with E-state index in [1.54, 1.807) is 0 Å². The number of rotatable bonds is 4. The van der Waals surface area contributed by atoms with E-state index in [2.05, 4.69) is 59.7 Å². The number of hydrogen-bond donors (Lipinski definition) is 0. The zero-order chi connectivity index (χ0) is 14.8. The van der Waals surface area contributed by atoms with Gasteiger partial charge in [-0.15, -0.1) is 0 Å². The van der Waals surface area contributed by atoms with Crippen molar-refractivity contribution >= 4 is 10.9 Å². The van der Waals surface area contributed by atoms with Crippen LogP contribution in [0.25, 0.3) is 10.9 Å². The summed E-state index contributed by atoms with van der Waals surface area (Å²) in [5, 5.41) is 1.26. The molecule has 0 saturated carbocycles. The van der Waals surface area contributed by atoms with Gasteiger partial charge in [-0.2, -0.15) is 0 Å². The van der Waals surface area contributed by atoms with Gasteiger partial charge in [0.2, 0.25) is 0 Å². The molecular formula is C18H21N3. The molecule has 21 heavy (non-hydrogen) atoms. The Morgan fingerprint density at radius 1 is 1.05 bits per heavy atom. The van der Waals surface area contributed by atoms with Gasteiger partial charge in [-0.3, -0.25) is 9.97 Å². The summed E-state index contributed by atoms with van der Waals surface area (Å²) in [6.45, 7) is 7.48. The van der Waals surface area contributed by atoms with Gasteiger partial charge in [-0.05, 0) is 49.6 Å². The van der Waals surface area contributed by atoms with E-state index < -0.39 is 0 Å². The highest BCUT2D eigenvalue weighted by Crippen LogP contribution is 2.23. The molecular weight excluding hydrogens is 258 g/mol. The normalized spacial score (nSPS) is 11.2. The number of hydrogen-bond acceptors (Lipinski definition) is 2. The predicted molar refractivity (Wildman–Crippen MR) is 86.5 cm³/mol. The number of nitrogens with zero attached hydrogens (tertiary/aromatic N) is 3. The topological polar surface area (TPSA) is 30.7 Å². The fraction of sp³-hybridized carbons (Fsp3) is 0.333. The monoisotopic (exact) mass is 279 g/mol. The van der Waals surface area contributed by atoms with Crippen LogP contribution >= 0.6 is 0 Å². The smallest absolute Gasteiger partial charge is 0.0541 e. The zero-order valence-corrected chi connectivity index (χ0v) is 12.9. The predicted octanol–water partition coefficient (Wildman–Crippen LogP) is 4.05. The number of aromatic nitrogens is 3. The lowest BCUT2D eigenvalue weighted by Crippen LogP contribution is -2.01. The van der Waals surface area contributed by atoms with E-state index in [-0.39, 0.29) is 0 Å². The highest BCUT2D eigenvalue weighted by Gasteiger charge is 2.10. The van der Waals surface area contributed by atoms with Crippen LogP contribution < -0.4 is 0 Å². The van der Waals surface area contributed by atoms with Crippen LogP contribution in [0.4, 0.5) is 0 Å². The van der Waals surface area contributed by atoms with Gasteiger partial charge in [0, 0.05) is 42.6 Å². The van der Waals surface area contributed by atoms with Crippen LogP contribution in [0.5, 0.6) is 0 Å². The Morgan fingerprint density at radius 2 is 1.86 bits per heavy atom. The molecule has 3 rings (SSSR count). The summed E-state index contributed by atoms with van der Waals surface area (Å²) in [4.78, 5) is 9.03. The van der Waals surface area contributed by atoms with Gasteiger partial charge in [0.1, 0.15) is 0 Å². The van der Waals surface area contributed by atoms with Crippen molar-refractivity contribution in [3.8, 4) is 0 Å². The van der Waals surface area contributed by atoms with Crippen molar-refractivity contribution in [1.29, 1.82) is 0 Å². The average Bonchev–Trinajstić information content (AvgIpc) is 2.88. The summed E-state index contributed by atoms with van der Waals surface area (Å²) in [6.07, 6.45) is 7.95. The largest absolute Gasteiger partial charge is 0.347 e. The van der Waals surface area contributed by atoms with E-state index in [9.17, 15) is 0 Å². The van der Waals surface area contributed by atoms with Crippen molar-refractivity contribution in [1.82, 2.24) is 14.5 Å². The second-order valence-electron chi connectivity index (χ2n) is 5.57. The van der Waals surface area contributed by atoms with E-state index in [1.165, 1.54) is 22.0 Å². The Balaban J connectivity index is 2.05. The third kappa shape index (κ3) is 2.56. The first-order valence-corrected chi connectivity index (χ1v) is 7.54. The van der Waals surface area contributed by atoms with Crippen LogP contribution in [0.15, 0.2) is 36.8 Å². The van der Waals surface area contributed by atoms with Gasteiger partial charge in [0.25, 0.3) is 0 Å². The van der Waals surface area contributed by atoms with E-state index >= 15 is 0 Å². The molecule has 0 aliphatic rings. The standard InChI is InChI=1S/C18H21N3/c1-4-10-21-11-7-15-17(20-9-6-18(15)21)12-16-13(2)5-8-19-14(16)3/h5-9,11H,4,10,12H2,1-3H3. The Kier molecular flexibility index (Phi) is 3.74. The quantitative estimate of drug-likeness (QED) is 0.721. The van der Waals surface area contributed by atoms with Crippen LogP contribution in [0.3, 0.4) is 0 Å². The summed E-state index contributed by atoms with van der Waals surface area (Å²) < 4.78 is 2.31. The van der Waals surface area contributed by atoms with Crippen molar-refractivity contribution in [2.24, 2.45) is 0 Å². The highest BCUT2D eigenvalue weighted by molar-refractivity contribution is 5.82. The van der Waals surface area contributed by atoms with E-state index in [0.717, 1.165) is 30.8 Å². The summed E-state index contributed by atoms with van der Waals surface area (Å²) in [5.74, 6) is 0. The van der Waals surface area contributed by atoms with Crippen molar-refractivity contribution in [2.75, 3.05) is 0 Å². The van der Waals surface area contributed by atoms with Crippen LogP contribution in [0, 0.1) is 13.8 Å². The van der Waals surface area contributed by atoms with Crippen molar-refractivity contribution in [3.63, 3.8) is 0 Å². The molecule has 0 unspecified atom stereocenters. The lowest BCUT2D eigenvalue weighted by atomic mass is 10.0. The Bertz CT molecular complexity index is 751. The van der Waals surface area contributed by atoms with Crippen LogP contribution in [0.1, 0.15) is 35.9 Å². The summed E-state index contributed by atoms with van der Waals surface area (Å²) in [6, 6.07) is 6.37. The third-order valence-electron chi connectivity index (χ3n) is 4.09. The first-order valence-electron chi connectivity index (χ1n) is 7.54. The van der Waals surface area contributed by atoms with Gasteiger partial charge in [-0.1, -0.05) is 6.92 Å². The molecule has 0 aliphatic carbocycles. The van der Waals surface area contributed by atoms with Gasteiger partial charge >= 0.3 is 0 Å². The first-order chi connectivity index (χ1) is 10.2. The lowest BCUT2D eigenvalue weighted by molar-refractivity contribution is 0.703. The number of aryl methyl sites for hydroxylation is 3. The molecule has 108 valence electrons. The fourth-order valence-electron chi connectivity index (χ4n) is 2.92. The highest BCUT2D eigenvalue weighted by atomic mass is 15.0. The molecule has 0 bridgehead atoms. The summed E-state index contributed by atoms with van der Waals surface area (Å²) in [7, 11) is 0. The molecule has 3 aromatic heterocycles. The molecule has 0 aromatic carbocycles. The molecule has 0 spiro atoms. The molecule has 0 aliphatic heterocycles. The molecule has 0 saturated heterocycles. The Hall–Kier alpha value is -2.16. The SMILES string of the molecule is CCCn1ccc2c(Cc3c(C)ccnc3C)nccc21. The van der Waals surface area contributed by atoms with Gasteiger partial charge in [-0.25, -0.2) is 0 Å². The van der Waals surface area contributed by atoms with E-state index in [4.69, 9.17) is 0 Å². The Morgan fingerprint density at radius 3 is 2.62 bits per heavy atom. The first kappa shape index (κ1) is 13.8. The molecule has 0 fully saturated rings. The number of fused-ring (bicyclic) bond motifs is 1. The second kappa shape index (κ2) is 5.68. The van der Waals surface area contributed by atoms with Crippen molar-refractivity contribution in [2.45, 2.75) is 40.2 Å². The van der Waals surface area contributed by atoms with E-state index in [0.29, 0.717) is 0 Å². The van der Waals surface area contributed by atoms with Gasteiger partial charge < -0.3 is 4.57 Å². The third-order valence-corrected chi connectivity index (χ3v) is 4.09. The maximum absolute atomic E-state index is 4.62. The van der Waals surface area contributed by atoms with Crippen LogP contribution in [-0.2, 0) is 13.0 Å². The maximum Gasteiger partial charge on any atom is 0.0541 e. The minimum atomic E-state index is 0.846. The average molecular weight is 279 g/mol. The minimum absolute atomic E-state index is 0.846. The zero-order valence-electron chi connectivity index (χ0n) is 12.9. The molecule has 0 amide bonds. The van der Waals surface area contributed by atoms with Crippen molar-refractivity contribution in [3.05, 3.63) is 59.3 Å². The molecule has 0 atom stereocenters. The van der Waals surface area contributed by atoms with Crippen LogP contribution in [0.2, 0.25) is 0 Å². The van der Waals surface area contributed by atoms with Gasteiger partial charge in [0.15, 0.2) is 0 Å². The van der Waals surface area contributed by atoms with Crippen molar-refractivity contribution < 1.29 is 0 Å². The Labute approximate surface area is 125 Å². The summed E-state index contributed by atoms with van der Waals surface area (Å²) in [5.41, 5.74) is 6.10. The van der Waals surface area contributed by atoms with Crippen LogP contribution in [-0.4, -0.2) is 14.5 Å².